The molecule has 0 aromatic heterocycles. The summed E-state index contributed by atoms with van der Waals surface area (Å²) < 4.78 is 16.4. The average Bonchev–Trinajstić information content (AvgIpc) is 2.82. The molecule has 0 aliphatic carbocycles. The second-order valence-corrected chi connectivity index (χ2v) is 5.48. The summed E-state index contributed by atoms with van der Waals surface area (Å²) in [6.07, 6.45) is 1.64. The summed E-state index contributed by atoms with van der Waals surface area (Å²) in [4.78, 5) is 14.5. The summed E-state index contributed by atoms with van der Waals surface area (Å²) in [5.41, 5.74) is 1.08. The third-order valence-electron chi connectivity index (χ3n) is 4.06. The van der Waals surface area contributed by atoms with Crippen molar-refractivity contribution in [1.82, 2.24) is 4.90 Å². The molecule has 1 atom stereocenters. The highest BCUT2D eigenvalue weighted by Gasteiger charge is 2.30. The number of carbonyl (C=O) groups is 1. The Morgan fingerprint density at radius 1 is 1.33 bits per heavy atom. The van der Waals surface area contributed by atoms with Gasteiger partial charge in [0.1, 0.15) is 18.1 Å². The minimum absolute atomic E-state index is 0.0935. The molecule has 5 nitrogen and oxygen atoms in total. The predicted molar refractivity (Wildman–Crippen MR) is 77.7 cm³/mol. The first-order valence-electron chi connectivity index (χ1n) is 7.44. The first-order valence-corrected chi connectivity index (χ1v) is 7.44. The highest BCUT2D eigenvalue weighted by atomic mass is 16.5. The van der Waals surface area contributed by atoms with Crippen LogP contribution in [-0.4, -0.2) is 50.8 Å². The Labute approximate surface area is 124 Å². The standard InChI is InChI=1S/C16H21NO4/c1-19-14-4-3-12-9-13(11-21-15(12)10-14)16(18)17-5-2-7-20-8-6-17/h3-4,10,13H,2,5-9,11H2,1H3/t13-/m1/s1. The van der Waals surface area contributed by atoms with Gasteiger partial charge in [0.25, 0.3) is 0 Å². The Morgan fingerprint density at radius 2 is 2.24 bits per heavy atom. The Balaban J connectivity index is 1.69. The zero-order valence-corrected chi connectivity index (χ0v) is 12.3. The summed E-state index contributed by atoms with van der Waals surface area (Å²) >= 11 is 0. The summed E-state index contributed by atoms with van der Waals surface area (Å²) in [6, 6.07) is 5.78. The van der Waals surface area contributed by atoms with E-state index in [4.69, 9.17) is 14.2 Å². The first kappa shape index (κ1) is 14.2. The van der Waals surface area contributed by atoms with Crippen LogP contribution in [0.1, 0.15) is 12.0 Å². The lowest BCUT2D eigenvalue weighted by Crippen LogP contribution is -2.42. The zero-order valence-electron chi connectivity index (χ0n) is 12.3. The van der Waals surface area contributed by atoms with Gasteiger partial charge in [-0.05, 0) is 24.5 Å². The van der Waals surface area contributed by atoms with Crippen molar-refractivity contribution >= 4 is 5.91 Å². The molecule has 5 heteroatoms. The second-order valence-electron chi connectivity index (χ2n) is 5.48. The van der Waals surface area contributed by atoms with Gasteiger partial charge < -0.3 is 19.1 Å². The predicted octanol–water partition coefficient (Wildman–Crippen LogP) is 1.50. The Hall–Kier alpha value is -1.75. The van der Waals surface area contributed by atoms with E-state index in [-0.39, 0.29) is 11.8 Å². The maximum atomic E-state index is 12.6. The Morgan fingerprint density at radius 3 is 3.10 bits per heavy atom. The van der Waals surface area contributed by atoms with Gasteiger partial charge in [0.15, 0.2) is 0 Å². The van der Waals surface area contributed by atoms with Gasteiger partial charge in [0.2, 0.25) is 5.91 Å². The number of carbonyl (C=O) groups excluding carboxylic acids is 1. The van der Waals surface area contributed by atoms with Crippen molar-refractivity contribution in [3.8, 4) is 11.5 Å². The van der Waals surface area contributed by atoms with Crippen LogP contribution in [0, 0.1) is 5.92 Å². The quantitative estimate of drug-likeness (QED) is 0.828. The molecule has 21 heavy (non-hydrogen) atoms. The van der Waals surface area contributed by atoms with Crippen molar-refractivity contribution in [2.24, 2.45) is 5.92 Å². The largest absolute Gasteiger partial charge is 0.497 e. The van der Waals surface area contributed by atoms with E-state index in [0.29, 0.717) is 19.8 Å². The normalized spacial score (nSPS) is 22.0. The smallest absolute Gasteiger partial charge is 0.229 e. The number of rotatable bonds is 2. The molecule has 1 aromatic carbocycles. The molecule has 3 rings (SSSR count). The number of benzene rings is 1. The molecule has 0 saturated carbocycles. The average molecular weight is 291 g/mol. The van der Waals surface area contributed by atoms with E-state index in [9.17, 15) is 4.79 Å². The summed E-state index contributed by atoms with van der Waals surface area (Å²) in [7, 11) is 1.64. The number of fused-ring (bicyclic) bond motifs is 1. The topological polar surface area (TPSA) is 48.0 Å². The monoisotopic (exact) mass is 291 g/mol. The maximum absolute atomic E-state index is 12.6. The lowest BCUT2D eigenvalue weighted by Gasteiger charge is -2.29. The van der Waals surface area contributed by atoms with Crippen molar-refractivity contribution in [3.63, 3.8) is 0 Å². The second kappa shape index (κ2) is 6.35. The van der Waals surface area contributed by atoms with Gasteiger partial charge in [-0.15, -0.1) is 0 Å². The van der Waals surface area contributed by atoms with Crippen LogP contribution in [0.2, 0.25) is 0 Å². The van der Waals surface area contributed by atoms with Crippen molar-refractivity contribution < 1.29 is 19.0 Å². The highest BCUT2D eigenvalue weighted by Crippen LogP contribution is 2.31. The van der Waals surface area contributed by atoms with E-state index >= 15 is 0 Å². The van der Waals surface area contributed by atoms with E-state index in [0.717, 1.165) is 43.1 Å². The van der Waals surface area contributed by atoms with E-state index in [1.54, 1.807) is 7.11 Å². The van der Waals surface area contributed by atoms with Crippen LogP contribution in [0.25, 0.3) is 0 Å². The molecule has 2 heterocycles. The third-order valence-corrected chi connectivity index (χ3v) is 4.06. The third kappa shape index (κ3) is 3.13. The minimum Gasteiger partial charge on any atom is -0.497 e. The van der Waals surface area contributed by atoms with Gasteiger partial charge in [-0.1, -0.05) is 6.07 Å². The van der Waals surface area contributed by atoms with Gasteiger partial charge in [-0.2, -0.15) is 0 Å². The number of amides is 1. The van der Waals surface area contributed by atoms with Crippen LogP contribution < -0.4 is 9.47 Å². The molecular formula is C16H21NO4. The van der Waals surface area contributed by atoms with Gasteiger partial charge in [-0.3, -0.25) is 4.79 Å². The maximum Gasteiger partial charge on any atom is 0.229 e. The van der Waals surface area contributed by atoms with Crippen LogP contribution in [0.4, 0.5) is 0 Å². The van der Waals surface area contributed by atoms with Gasteiger partial charge >= 0.3 is 0 Å². The van der Waals surface area contributed by atoms with Crippen LogP contribution in [0.15, 0.2) is 18.2 Å². The minimum atomic E-state index is -0.0935. The molecule has 1 fully saturated rings. The van der Waals surface area contributed by atoms with E-state index < -0.39 is 0 Å². The fourth-order valence-electron chi connectivity index (χ4n) is 2.86. The molecule has 1 aromatic rings. The van der Waals surface area contributed by atoms with Crippen molar-refractivity contribution in [2.75, 3.05) is 40.0 Å². The van der Waals surface area contributed by atoms with Crippen LogP contribution in [-0.2, 0) is 16.0 Å². The number of ether oxygens (including phenoxy) is 3. The van der Waals surface area contributed by atoms with E-state index in [1.165, 1.54) is 0 Å². The molecule has 1 amide bonds. The molecule has 2 aliphatic heterocycles. The SMILES string of the molecule is COc1ccc2c(c1)OC[C@H](C(=O)N1CCCOCC1)C2. The molecular weight excluding hydrogens is 270 g/mol. The fourth-order valence-corrected chi connectivity index (χ4v) is 2.86. The molecule has 0 unspecified atom stereocenters. The van der Waals surface area contributed by atoms with Gasteiger partial charge in [0, 0.05) is 25.8 Å². The molecule has 114 valence electrons. The van der Waals surface area contributed by atoms with E-state index in [2.05, 4.69) is 0 Å². The van der Waals surface area contributed by atoms with Gasteiger partial charge in [-0.25, -0.2) is 0 Å². The lowest BCUT2D eigenvalue weighted by atomic mass is 9.95. The Kier molecular flexibility index (Phi) is 4.29. The van der Waals surface area contributed by atoms with Crippen molar-refractivity contribution in [1.29, 1.82) is 0 Å². The molecule has 1 saturated heterocycles. The van der Waals surface area contributed by atoms with Crippen molar-refractivity contribution in [2.45, 2.75) is 12.8 Å². The number of nitrogens with zero attached hydrogens (tertiary/aromatic N) is 1. The lowest BCUT2D eigenvalue weighted by molar-refractivity contribution is -0.136. The summed E-state index contributed by atoms with van der Waals surface area (Å²) in [5, 5.41) is 0. The van der Waals surface area contributed by atoms with Crippen LogP contribution in [0.5, 0.6) is 11.5 Å². The molecule has 0 N–H and O–H groups in total. The van der Waals surface area contributed by atoms with Crippen LogP contribution in [0.3, 0.4) is 0 Å². The molecule has 0 spiro atoms. The fraction of sp³-hybridized carbons (Fsp3) is 0.562. The van der Waals surface area contributed by atoms with E-state index in [1.807, 2.05) is 23.1 Å². The summed E-state index contributed by atoms with van der Waals surface area (Å²) in [5.74, 6) is 1.70. The molecule has 2 aliphatic rings. The van der Waals surface area contributed by atoms with Crippen LogP contribution >= 0.6 is 0 Å². The molecule has 0 bridgehead atoms. The zero-order chi connectivity index (χ0) is 14.7. The number of hydrogen-bond acceptors (Lipinski definition) is 4. The number of methoxy groups -OCH3 is 1. The van der Waals surface area contributed by atoms with Gasteiger partial charge in [0.05, 0.1) is 19.6 Å². The summed E-state index contributed by atoms with van der Waals surface area (Å²) in [6.45, 7) is 3.28. The van der Waals surface area contributed by atoms with Crippen molar-refractivity contribution in [3.05, 3.63) is 23.8 Å². The number of hydrogen-bond donors (Lipinski definition) is 0. The Bertz CT molecular complexity index is 509. The highest BCUT2D eigenvalue weighted by molar-refractivity contribution is 5.80. The first-order chi connectivity index (χ1) is 10.3. The molecule has 0 radical (unpaired) electrons.